The summed E-state index contributed by atoms with van der Waals surface area (Å²) in [7, 11) is 0. The SMILES string of the molecule is CCCNCC=Cc1cc(Br)c(OCC)c(Br)c1. The topological polar surface area (TPSA) is 21.3 Å². The van der Waals surface area contributed by atoms with E-state index in [1.54, 1.807) is 0 Å². The van der Waals surface area contributed by atoms with Gasteiger partial charge in [-0.05, 0) is 69.4 Å². The molecule has 0 saturated heterocycles. The fourth-order valence-corrected chi connectivity index (χ4v) is 2.97. The van der Waals surface area contributed by atoms with Gasteiger partial charge in [-0.15, -0.1) is 0 Å². The standard InChI is InChI=1S/C14H19Br2NO/c1-3-7-17-8-5-6-11-9-12(15)14(18-4-2)13(16)10-11/h5-6,9-10,17H,3-4,7-8H2,1-2H3. The molecule has 100 valence electrons. The van der Waals surface area contributed by atoms with Gasteiger partial charge in [-0.1, -0.05) is 19.1 Å². The van der Waals surface area contributed by atoms with Crippen LogP contribution >= 0.6 is 31.9 Å². The molecule has 0 bridgehead atoms. The predicted molar refractivity (Wildman–Crippen MR) is 85.2 cm³/mol. The van der Waals surface area contributed by atoms with Gasteiger partial charge in [0, 0.05) is 6.54 Å². The molecule has 0 aliphatic heterocycles. The highest BCUT2D eigenvalue weighted by Crippen LogP contribution is 2.35. The second-order valence-electron chi connectivity index (χ2n) is 3.85. The van der Waals surface area contributed by atoms with Crippen molar-refractivity contribution in [2.75, 3.05) is 19.7 Å². The van der Waals surface area contributed by atoms with Gasteiger partial charge in [0.1, 0.15) is 5.75 Å². The first-order valence-electron chi connectivity index (χ1n) is 6.18. The van der Waals surface area contributed by atoms with Crippen LogP contribution < -0.4 is 10.1 Å². The monoisotopic (exact) mass is 375 g/mol. The molecule has 1 N–H and O–H groups in total. The second-order valence-corrected chi connectivity index (χ2v) is 5.56. The summed E-state index contributed by atoms with van der Waals surface area (Å²) < 4.78 is 7.49. The van der Waals surface area contributed by atoms with Crippen LogP contribution in [0.3, 0.4) is 0 Å². The van der Waals surface area contributed by atoms with Crippen molar-refractivity contribution in [2.45, 2.75) is 20.3 Å². The first-order chi connectivity index (χ1) is 8.69. The Morgan fingerprint density at radius 3 is 2.44 bits per heavy atom. The Labute approximate surface area is 126 Å². The summed E-state index contributed by atoms with van der Waals surface area (Å²) in [4.78, 5) is 0. The maximum atomic E-state index is 5.55. The Hall–Kier alpha value is -0.320. The molecule has 0 aliphatic carbocycles. The molecular weight excluding hydrogens is 358 g/mol. The molecular formula is C14H19Br2NO. The molecule has 0 unspecified atom stereocenters. The molecule has 1 aromatic rings. The maximum absolute atomic E-state index is 5.55. The van der Waals surface area contributed by atoms with Crippen molar-refractivity contribution in [3.63, 3.8) is 0 Å². The number of hydrogen-bond donors (Lipinski definition) is 1. The molecule has 0 spiro atoms. The summed E-state index contributed by atoms with van der Waals surface area (Å²) >= 11 is 7.06. The molecule has 0 saturated carbocycles. The van der Waals surface area contributed by atoms with Gasteiger partial charge in [-0.25, -0.2) is 0 Å². The van der Waals surface area contributed by atoms with Gasteiger partial charge in [-0.3, -0.25) is 0 Å². The molecule has 0 aliphatic rings. The number of nitrogens with one attached hydrogen (secondary N) is 1. The van der Waals surface area contributed by atoms with Crippen molar-refractivity contribution >= 4 is 37.9 Å². The third-order valence-corrected chi connectivity index (χ3v) is 3.49. The van der Waals surface area contributed by atoms with Crippen molar-refractivity contribution in [3.05, 3.63) is 32.7 Å². The van der Waals surface area contributed by atoms with Crippen LogP contribution in [-0.4, -0.2) is 19.7 Å². The lowest BCUT2D eigenvalue weighted by Gasteiger charge is -2.09. The van der Waals surface area contributed by atoms with Crippen molar-refractivity contribution in [2.24, 2.45) is 0 Å². The molecule has 0 atom stereocenters. The highest BCUT2D eigenvalue weighted by molar-refractivity contribution is 9.11. The Morgan fingerprint density at radius 1 is 1.22 bits per heavy atom. The molecule has 0 amide bonds. The van der Waals surface area contributed by atoms with Crippen LogP contribution in [0.4, 0.5) is 0 Å². The predicted octanol–water partition coefficient (Wildman–Crippen LogP) is 4.62. The van der Waals surface area contributed by atoms with Crippen LogP contribution in [0.5, 0.6) is 5.75 Å². The number of hydrogen-bond acceptors (Lipinski definition) is 2. The minimum atomic E-state index is 0.660. The summed E-state index contributed by atoms with van der Waals surface area (Å²) in [6.45, 7) is 6.76. The molecule has 0 heterocycles. The van der Waals surface area contributed by atoms with Gasteiger partial charge in [0.15, 0.2) is 0 Å². The van der Waals surface area contributed by atoms with Gasteiger partial charge in [0.25, 0.3) is 0 Å². The Balaban J connectivity index is 2.68. The maximum Gasteiger partial charge on any atom is 0.147 e. The van der Waals surface area contributed by atoms with Crippen LogP contribution in [0.1, 0.15) is 25.8 Å². The van der Waals surface area contributed by atoms with Crippen molar-refractivity contribution in [1.29, 1.82) is 0 Å². The van der Waals surface area contributed by atoms with Gasteiger partial charge in [-0.2, -0.15) is 0 Å². The Bertz CT molecular complexity index is 382. The Morgan fingerprint density at radius 2 is 1.89 bits per heavy atom. The van der Waals surface area contributed by atoms with E-state index < -0.39 is 0 Å². The van der Waals surface area contributed by atoms with Gasteiger partial charge in [0.05, 0.1) is 15.6 Å². The zero-order valence-electron chi connectivity index (χ0n) is 10.8. The normalized spacial score (nSPS) is 11.1. The molecule has 1 aromatic carbocycles. The zero-order chi connectivity index (χ0) is 13.4. The third-order valence-electron chi connectivity index (χ3n) is 2.31. The second kappa shape index (κ2) is 8.73. The molecule has 18 heavy (non-hydrogen) atoms. The average molecular weight is 377 g/mol. The molecule has 0 radical (unpaired) electrons. The van der Waals surface area contributed by atoms with Crippen molar-refractivity contribution in [3.8, 4) is 5.75 Å². The van der Waals surface area contributed by atoms with Crippen LogP contribution in [0.25, 0.3) is 6.08 Å². The Kier molecular flexibility index (Phi) is 7.63. The smallest absolute Gasteiger partial charge is 0.147 e. The van der Waals surface area contributed by atoms with E-state index in [0.717, 1.165) is 39.8 Å². The fourth-order valence-electron chi connectivity index (χ4n) is 1.52. The summed E-state index contributed by atoms with van der Waals surface area (Å²) in [6, 6.07) is 4.12. The minimum Gasteiger partial charge on any atom is -0.492 e. The number of rotatable bonds is 7. The first kappa shape index (κ1) is 15.7. The van der Waals surface area contributed by atoms with Crippen LogP contribution in [-0.2, 0) is 0 Å². The lowest BCUT2D eigenvalue weighted by atomic mass is 10.2. The van der Waals surface area contributed by atoms with Gasteiger partial charge >= 0.3 is 0 Å². The largest absolute Gasteiger partial charge is 0.492 e. The van der Waals surface area contributed by atoms with E-state index in [1.807, 2.05) is 6.92 Å². The van der Waals surface area contributed by atoms with E-state index in [2.05, 4.69) is 68.4 Å². The van der Waals surface area contributed by atoms with Crippen molar-refractivity contribution in [1.82, 2.24) is 5.32 Å². The van der Waals surface area contributed by atoms with E-state index in [1.165, 1.54) is 0 Å². The summed E-state index contributed by atoms with van der Waals surface area (Å²) in [5, 5.41) is 3.33. The number of benzene rings is 1. The molecule has 4 heteroatoms. The van der Waals surface area contributed by atoms with E-state index in [0.29, 0.717) is 6.61 Å². The molecule has 2 nitrogen and oxygen atoms in total. The highest BCUT2D eigenvalue weighted by Gasteiger charge is 2.06. The summed E-state index contributed by atoms with van der Waals surface area (Å²) in [5.74, 6) is 0.860. The van der Waals surface area contributed by atoms with Crippen LogP contribution in [0, 0.1) is 0 Å². The minimum absolute atomic E-state index is 0.660. The average Bonchev–Trinajstić information content (AvgIpc) is 2.33. The van der Waals surface area contributed by atoms with E-state index in [9.17, 15) is 0 Å². The number of halogens is 2. The van der Waals surface area contributed by atoms with Crippen molar-refractivity contribution < 1.29 is 4.74 Å². The van der Waals surface area contributed by atoms with Crippen LogP contribution in [0.2, 0.25) is 0 Å². The molecule has 1 rings (SSSR count). The van der Waals surface area contributed by atoms with Gasteiger partial charge in [0.2, 0.25) is 0 Å². The lowest BCUT2D eigenvalue weighted by Crippen LogP contribution is -2.13. The van der Waals surface area contributed by atoms with Crippen LogP contribution in [0.15, 0.2) is 27.2 Å². The molecule has 0 fully saturated rings. The van der Waals surface area contributed by atoms with E-state index >= 15 is 0 Å². The van der Waals surface area contributed by atoms with E-state index in [4.69, 9.17) is 4.74 Å². The highest BCUT2D eigenvalue weighted by atomic mass is 79.9. The number of ether oxygens (including phenoxy) is 1. The zero-order valence-corrected chi connectivity index (χ0v) is 14.0. The fraction of sp³-hybridized carbons (Fsp3) is 0.429. The van der Waals surface area contributed by atoms with E-state index in [-0.39, 0.29) is 0 Å². The molecule has 0 aromatic heterocycles. The quantitative estimate of drug-likeness (QED) is 0.701. The lowest BCUT2D eigenvalue weighted by molar-refractivity contribution is 0.336. The first-order valence-corrected chi connectivity index (χ1v) is 7.76. The summed E-state index contributed by atoms with van der Waals surface area (Å²) in [6.07, 6.45) is 5.39. The summed E-state index contributed by atoms with van der Waals surface area (Å²) in [5.41, 5.74) is 1.15. The third kappa shape index (κ3) is 5.12. The van der Waals surface area contributed by atoms with Gasteiger partial charge < -0.3 is 10.1 Å².